The van der Waals surface area contributed by atoms with Crippen molar-refractivity contribution in [2.45, 2.75) is 12.8 Å². The van der Waals surface area contributed by atoms with Crippen LogP contribution in [0.3, 0.4) is 0 Å². The monoisotopic (exact) mass is 112 g/mol. The van der Waals surface area contributed by atoms with Crippen LogP contribution in [-0.2, 0) is 9.47 Å². The molecular formula is C6H8O2. The first-order valence-corrected chi connectivity index (χ1v) is 2.94. The number of hydrogen-bond acceptors (Lipinski definition) is 2. The van der Waals surface area contributed by atoms with E-state index in [2.05, 4.69) is 0 Å². The van der Waals surface area contributed by atoms with Crippen molar-refractivity contribution in [3.8, 4) is 0 Å². The lowest BCUT2D eigenvalue weighted by molar-refractivity contribution is 0.199. The highest BCUT2D eigenvalue weighted by molar-refractivity contribution is 5.10. The van der Waals surface area contributed by atoms with Crippen LogP contribution in [0.1, 0.15) is 12.8 Å². The zero-order chi connectivity index (χ0) is 5.40. The molecule has 8 heavy (non-hydrogen) atoms. The van der Waals surface area contributed by atoms with E-state index in [1.807, 2.05) is 0 Å². The van der Waals surface area contributed by atoms with Crippen molar-refractivity contribution in [1.29, 1.82) is 0 Å². The summed E-state index contributed by atoms with van der Waals surface area (Å²) >= 11 is 0. The third kappa shape index (κ3) is 0.427. The highest BCUT2D eigenvalue weighted by Crippen LogP contribution is 2.28. The van der Waals surface area contributed by atoms with E-state index in [9.17, 15) is 0 Å². The first-order valence-electron chi connectivity index (χ1n) is 2.94. The van der Waals surface area contributed by atoms with E-state index in [1.165, 1.54) is 0 Å². The molecule has 2 aliphatic heterocycles. The minimum Gasteiger partial charge on any atom is -0.494 e. The van der Waals surface area contributed by atoms with Gasteiger partial charge in [-0.05, 0) is 0 Å². The van der Waals surface area contributed by atoms with Crippen molar-refractivity contribution in [2.75, 3.05) is 13.2 Å². The molecule has 0 amide bonds. The van der Waals surface area contributed by atoms with Crippen molar-refractivity contribution in [1.82, 2.24) is 0 Å². The standard InChI is InChI=1S/C6H8O2/c1-3-7-6-2-4-8-5(1)6/h1-4H2. The molecule has 0 aromatic heterocycles. The Morgan fingerprint density at radius 3 is 1.88 bits per heavy atom. The minimum absolute atomic E-state index is 0.838. The predicted molar refractivity (Wildman–Crippen MR) is 28.2 cm³/mol. The van der Waals surface area contributed by atoms with Gasteiger partial charge in [-0.15, -0.1) is 0 Å². The van der Waals surface area contributed by atoms with E-state index in [0.29, 0.717) is 0 Å². The molecule has 0 atom stereocenters. The SMILES string of the molecule is C1CC2=C(CCO2)O1. The first-order chi connectivity index (χ1) is 3.97. The fourth-order valence-corrected chi connectivity index (χ4v) is 1.12. The maximum absolute atomic E-state index is 5.23. The minimum atomic E-state index is 0.838. The van der Waals surface area contributed by atoms with Crippen LogP contribution in [-0.4, -0.2) is 13.2 Å². The van der Waals surface area contributed by atoms with Gasteiger partial charge in [0.15, 0.2) is 0 Å². The van der Waals surface area contributed by atoms with Crippen LogP contribution in [0.4, 0.5) is 0 Å². The molecule has 0 bridgehead atoms. The quantitative estimate of drug-likeness (QED) is 0.466. The summed E-state index contributed by atoms with van der Waals surface area (Å²) < 4.78 is 10.5. The van der Waals surface area contributed by atoms with E-state index < -0.39 is 0 Å². The van der Waals surface area contributed by atoms with Crippen LogP contribution >= 0.6 is 0 Å². The molecule has 0 aromatic carbocycles. The average Bonchev–Trinajstić information content (AvgIpc) is 2.15. The maximum atomic E-state index is 5.23. The van der Waals surface area contributed by atoms with Gasteiger partial charge in [0, 0.05) is 12.8 Å². The van der Waals surface area contributed by atoms with Gasteiger partial charge in [0.1, 0.15) is 11.5 Å². The lowest BCUT2D eigenvalue weighted by Gasteiger charge is -1.96. The Labute approximate surface area is 48.1 Å². The van der Waals surface area contributed by atoms with Gasteiger partial charge in [0.25, 0.3) is 0 Å². The van der Waals surface area contributed by atoms with Gasteiger partial charge in [0.05, 0.1) is 13.2 Å². The lowest BCUT2D eigenvalue weighted by Crippen LogP contribution is -1.88. The molecule has 0 aliphatic carbocycles. The second kappa shape index (κ2) is 1.41. The normalized spacial score (nSPS) is 25.0. The highest BCUT2D eigenvalue weighted by atomic mass is 16.5. The molecule has 0 radical (unpaired) electrons. The Bertz CT molecular complexity index is 109. The summed E-state index contributed by atoms with van der Waals surface area (Å²) in [5.41, 5.74) is 0. The Morgan fingerprint density at radius 1 is 0.875 bits per heavy atom. The molecule has 0 N–H and O–H groups in total. The van der Waals surface area contributed by atoms with Crippen molar-refractivity contribution in [2.24, 2.45) is 0 Å². The molecule has 2 rings (SSSR count). The van der Waals surface area contributed by atoms with Crippen LogP contribution in [0.25, 0.3) is 0 Å². The molecule has 0 saturated heterocycles. The van der Waals surface area contributed by atoms with Crippen molar-refractivity contribution < 1.29 is 9.47 Å². The second-order valence-corrected chi connectivity index (χ2v) is 2.04. The third-order valence-electron chi connectivity index (χ3n) is 1.52. The van der Waals surface area contributed by atoms with E-state index >= 15 is 0 Å². The van der Waals surface area contributed by atoms with Crippen molar-refractivity contribution in [3.63, 3.8) is 0 Å². The van der Waals surface area contributed by atoms with Gasteiger partial charge in [0.2, 0.25) is 0 Å². The summed E-state index contributed by atoms with van der Waals surface area (Å²) in [6.45, 7) is 1.68. The molecule has 0 unspecified atom stereocenters. The summed E-state index contributed by atoms with van der Waals surface area (Å²) in [6.07, 6.45) is 1.99. The van der Waals surface area contributed by atoms with Crippen LogP contribution < -0.4 is 0 Å². The number of hydrogen-bond donors (Lipinski definition) is 0. The number of ether oxygens (including phenoxy) is 2. The maximum Gasteiger partial charge on any atom is 0.137 e. The fourth-order valence-electron chi connectivity index (χ4n) is 1.12. The Hall–Kier alpha value is -0.660. The Morgan fingerprint density at radius 2 is 1.38 bits per heavy atom. The molecule has 2 heterocycles. The van der Waals surface area contributed by atoms with Crippen LogP contribution in [0.2, 0.25) is 0 Å². The molecule has 2 aliphatic rings. The van der Waals surface area contributed by atoms with Crippen molar-refractivity contribution in [3.05, 3.63) is 11.5 Å². The summed E-state index contributed by atoms with van der Waals surface area (Å²) in [4.78, 5) is 0. The molecular weight excluding hydrogens is 104 g/mol. The molecule has 2 nitrogen and oxygen atoms in total. The molecule has 44 valence electrons. The Balaban J connectivity index is 2.23. The molecule has 0 saturated carbocycles. The average molecular weight is 112 g/mol. The smallest absolute Gasteiger partial charge is 0.137 e. The zero-order valence-corrected chi connectivity index (χ0v) is 4.64. The summed E-state index contributed by atoms with van der Waals surface area (Å²) in [5, 5.41) is 0. The van der Waals surface area contributed by atoms with Gasteiger partial charge in [-0.2, -0.15) is 0 Å². The van der Waals surface area contributed by atoms with E-state index in [0.717, 1.165) is 37.6 Å². The summed E-state index contributed by atoms with van der Waals surface area (Å²) in [7, 11) is 0. The second-order valence-electron chi connectivity index (χ2n) is 2.04. The van der Waals surface area contributed by atoms with Crippen molar-refractivity contribution >= 4 is 0 Å². The molecule has 2 heteroatoms. The largest absolute Gasteiger partial charge is 0.494 e. The van der Waals surface area contributed by atoms with Gasteiger partial charge in [-0.3, -0.25) is 0 Å². The molecule has 0 aromatic rings. The Kier molecular flexibility index (Phi) is 0.745. The predicted octanol–water partition coefficient (Wildman–Crippen LogP) is 1.04. The fraction of sp³-hybridized carbons (Fsp3) is 0.667. The summed E-state index contributed by atoms with van der Waals surface area (Å²) in [6, 6.07) is 0. The molecule has 0 fully saturated rings. The topological polar surface area (TPSA) is 18.5 Å². The molecule has 0 spiro atoms. The van der Waals surface area contributed by atoms with Gasteiger partial charge in [-0.1, -0.05) is 0 Å². The zero-order valence-electron chi connectivity index (χ0n) is 4.64. The summed E-state index contributed by atoms with van der Waals surface area (Å²) in [5.74, 6) is 2.20. The van der Waals surface area contributed by atoms with Gasteiger partial charge in [-0.25, -0.2) is 0 Å². The van der Waals surface area contributed by atoms with Gasteiger partial charge >= 0.3 is 0 Å². The van der Waals surface area contributed by atoms with Crippen LogP contribution in [0.5, 0.6) is 0 Å². The third-order valence-corrected chi connectivity index (χ3v) is 1.52. The highest BCUT2D eigenvalue weighted by Gasteiger charge is 2.22. The lowest BCUT2D eigenvalue weighted by atomic mass is 10.3. The van der Waals surface area contributed by atoms with Crippen LogP contribution in [0.15, 0.2) is 11.5 Å². The van der Waals surface area contributed by atoms with Crippen LogP contribution in [0, 0.1) is 0 Å². The first kappa shape index (κ1) is 4.24. The van der Waals surface area contributed by atoms with E-state index in [1.54, 1.807) is 0 Å². The van der Waals surface area contributed by atoms with E-state index in [4.69, 9.17) is 9.47 Å². The van der Waals surface area contributed by atoms with Gasteiger partial charge < -0.3 is 9.47 Å². The number of rotatable bonds is 0. The van der Waals surface area contributed by atoms with E-state index in [-0.39, 0.29) is 0 Å².